The molecule has 0 spiro atoms. The zero-order valence-electron chi connectivity index (χ0n) is 10.2. The number of rotatable bonds is 3. The van der Waals surface area contributed by atoms with Crippen molar-refractivity contribution in [2.75, 3.05) is 6.61 Å². The molecule has 0 aromatic heterocycles. The SMILES string of the molecule is O=C(N[C@@H]1C=C[C@H](CO)C1)C1CCC(F)(F)CC1. The summed E-state index contributed by atoms with van der Waals surface area (Å²) in [5, 5.41) is 11.8. The first-order valence-electron chi connectivity index (χ1n) is 6.47. The van der Waals surface area contributed by atoms with Crippen LogP contribution < -0.4 is 5.32 Å². The molecular formula is C13H19F2NO2. The van der Waals surface area contributed by atoms with E-state index in [-0.39, 0.29) is 56.1 Å². The van der Waals surface area contributed by atoms with E-state index in [2.05, 4.69) is 5.32 Å². The van der Waals surface area contributed by atoms with Gasteiger partial charge in [-0.15, -0.1) is 0 Å². The van der Waals surface area contributed by atoms with Gasteiger partial charge in [0.05, 0.1) is 0 Å². The van der Waals surface area contributed by atoms with Crippen LogP contribution in [0.4, 0.5) is 8.78 Å². The first kappa shape index (κ1) is 13.5. The lowest BCUT2D eigenvalue weighted by atomic mass is 9.86. The monoisotopic (exact) mass is 259 g/mol. The summed E-state index contributed by atoms with van der Waals surface area (Å²) in [6.45, 7) is 0.0819. The fourth-order valence-electron chi connectivity index (χ4n) is 2.62. The molecule has 2 aliphatic rings. The highest BCUT2D eigenvalue weighted by molar-refractivity contribution is 5.79. The Morgan fingerprint density at radius 3 is 2.56 bits per heavy atom. The van der Waals surface area contributed by atoms with Crippen LogP contribution in [-0.4, -0.2) is 29.6 Å². The highest BCUT2D eigenvalue weighted by Crippen LogP contribution is 2.36. The maximum Gasteiger partial charge on any atom is 0.248 e. The van der Waals surface area contributed by atoms with Crippen molar-refractivity contribution in [1.82, 2.24) is 5.32 Å². The number of aliphatic hydroxyl groups is 1. The van der Waals surface area contributed by atoms with Gasteiger partial charge in [0, 0.05) is 37.3 Å². The van der Waals surface area contributed by atoms with Crippen molar-refractivity contribution in [1.29, 1.82) is 0 Å². The minimum absolute atomic E-state index is 0.0583. The minimum atomic E-state index is -2.59. The van der Waals surface area contributed by atoms with E-state index in [1.807, 2.05) is 12.2 Å². The second-order valence-electron chi connectivity index (χ2n) is 5.31. The molecule has 1 saturated carbocycles. The van der Waals surface area contributed by atoms with Crippen molar-refractivity contribution in [2.45, 2.75) is 44.1 Å². The van der Waals surface area contributed by atoms with Crippen LogP contribution >= 0.6 is 0 Å². The Morgan fingerprint density at radius 2 is 2.00 bits per heavy atom. The van der Waals surface area contributed by atoms with Gasteiger partial charge in [-0.2, -0.15) is 0 Å². The van der Waals surface area contributed by atoms with E-state index in [1.165, 1.54) is 0 Å². The summed E-state index contributed by atoms with van der Waals surface area (Å²) in [6.07, 6.45) is 4.61. The number of aliphatic hydroxyl groups excluding tert-OH is 1. The fraction of sp³-hybridized carbons (Fsp3) is 0.769. The van der Waals surface area contributed by atoms with Crippen molar-refractivity contribution < 1.29 is 18.7 Å². The molecule has 2 N–H and O–H groups in total. The summed E-state index contributed by atoms with van der Waals surface area (Å²) in [5.41, 5.74) is 0. The van der Waals surface area contributed by atoms with Crippen LogP contribution in [0.25, 0.3) is 0 Å². The first-order chi connectivity index (χ1) is 8.50. The van der Waals surface area contributed by atoms with Crippen molar-refractivity contribution >= 4 is 5.91 Å². The summed E-state index contributed by atoms with van der Waals surface area (Å²) in [4.78, 5) is 11.9. The number of hydrogen-bond donors (Lipinski definition) is 2. The molecule has 1 amide bonds. The summed E-state index contributed by atoms with van der Waals surface area (Å²) in [5.74, 6) is -2.90. The third kappa shape index (κ3) is 3.28. The zero-order valence-corrected chi connectivity index (χ0v) is 10.2. The van der Waals surface area contributed by atoms with Crippen LogP contribution in [0, 0.1) is 11.8 Å². The van der Waals surface area contributed by atoms with Gasteiger partial charge in [0.1, 0.15) is 0 Å². The van der Waals surface area contributed by atoms with Gasteiger partial charge >= 0.3 is 0 Å². The van der Waals surface area contributed by atoms with Gasteiger partial charge in [-0.05, 0) is 19.3 Å². The smallest absolute Gasteiger partial charge is 0.248 e. The Hall–Kier alpha value is -0.970. The van der Waals surface area contributed by atoms with Gasteiger partial charge in [0.15, 0.2) is 0 Å². The Kier molecular flexibility index (Phi) is 4.00. The standard InChI is InChI=1S/C13H19F2NO2/c14-13(15)5-3-10(4-6-13)12(18)16-11-2-1-9(7-11)8-17/h1-2,9-11,17H,3-8H2,(H,16,18)/t9-,11+/m0/s1. The Morgan fingerprint density at radius 1 is 1.33 bits per heavy atom. The minimum Gasteiger partial charge on any atom is -0.396 e. The predicted octanol–water partition coefficient (Wildman–Crippen LogP) is 1.87. The molecule has 0 bridgehead atoms. The number of alkyl halides is 2. The van der Waals surface area contributed by atoms with Crippen molar-refractivity contribution in [3.63, 3.8) is 0 Å². The number of amides is 1. The Bertz CT molecular complexity index is 334. The van der Waals surface area contributed by atoms with Gasteiger partial charge in [-0.25, -0.2) is 8.78 Å². The summed E-state index contributed by atoms with van der Waals surface area (Å²) < 4.78 is 25.9. The van der Waals surface area contributed by atoms with E-state index in [0.717, 1.165) is 0 Å². The lowest BCUT2D eigenvalue weighted by molar-refractivity contribution is -0.129. The van der Waals surface area contributed by atoms with Gasteiger partial charge < -0.3 is 10.4 Å². The molecule has 1 fully saturated rings. The van der Waals surface area contributed by atoms with Crippen LogP contribution in [0.15, 0.2) is 12.2 Å². The number of carbonyl (C=O) groups is 1. The maximum absolute atomic E-state index is 13.0. The summed E-state index contributed by atoms with van der Waals surface area (Å²) >= 11 is 0. The van der Waals surface area contributed by atoms with Gasteiger partial charge in [-0.3, -0.25) is 4.79 Å². The fourth-order valence-corrected chi connectivity index (χ4v) is 2.62. The molecule has 3 nitrogen and oxygen atoms in total. The molecule has 102 valence electrons. The lowest BCUT2D eigenvalue weighted by Gasteiger charge is -2.28. The molecule has 0 saturated heterocycles. The van der Waals surface area contributed by atoms with E-state index < -0.39 is 5.92 Å². The van der Waals surface area contributed by atoms with E-state index in [9.17, 15) is 13.6 Å². The molecule has 0 aromatic carbocycles. The van der Waals surface area contributed by atoms with E-state index in [0.29, 0.717) is 6.42 Å². The average molecular weight is 259 g/mol. The normalized spacial score (nSPS) is 31.5. The molecule has 2 aliphatic carbocycles. The van der Waals surface area contributed by atoms with Gasteiger partial charge in [-0.1, -0.05) is 12.2 Å². The third-order valence-electron chi connectivity index (χ3n) is 3.82. The zero-order chi connectivity index (χ0) is 13.2. The van der Waals surface area contributed by atoms with E-state index in [1.54, 1.807) is 0 Å². The molecule has 2 rings (SSSR count). The highest BCUT2D eigenvalue weighted by Gasteiger charge is 2.37. The van der Waals surface area contributed by atoms with Crippen LogP contribution in [0.5, 0.6) is 0 Å². The van der Waals surface area contributed by atoms with E-state index >= 15 is 0 Å². The number of carbonyl (C=O) groups excluding carboxylic acids is 1. The van der Waals surface area contributed by atoms with Gasteiger partial charge in [0.25, 0.3) is 0 Å². The lowest BCUT2D eigenvalue weighted by Crippen LogP contribution is -2.40. The second-order valence-corrected chi connectivity index (χ2v) is 5.31. The third-order valence-corrected chi connectivity index (χ3v) is 3.82. The van der Waals surface area contributed by atoms with Crippen LogP contribution in [0.2, 0.25) is 0 Å². The summed E-state index contributed by atoms with van der Waals surface area (Å²) in [6, 6.07) is -0.0583. The van der Waals surface area contributed by atoms with Crippen LogP contribution in [-0.2, 0) is 4.79 Å². The molecular weight excluding hydrogens is 240 g/mol. The molecule has 0 aliphatic heterocycles. The van der Waals surface area contributed by atoms with Crippen molar-refractivity contribution in [3.05, 3.63) is 12.2 Å². The Balaban J connectivity index is 1.78. The number of nitrogens with one attached hydrogen (secondary N) is 1. The topological polar surface area (TPSA) is 49.3 Å². The quantitative estimate of drug-likeness (QED) is 0.760. The Labute approximate surface area is 105 Å². The second kappa shape index (κ2) is 5.34. The molecule has 0 aromatic rings. The first-order valence-corrected chi connectivity index (χ1v) is 6.47. The predicted molar refractivity (Wildman–Crippen MR) is 63.2 cm³/mol. The number of hydrogen-bond acceptors (Lipinski definition) is 2. The molecule has 0 heterocycles. The van der Waals surface area contributed by atoms with E-state index in [4.69, 9.17) is 5.11 Å². The average Bonchev–Trinajstić information content (AvgIpc) is 2.76. The van der Waals surface area contributed by atoms with Crippen molar-refractivity contribution in [3.8, 4) is 0 Å². The number of halogens is 2. The molecule has 5 heteroatoms. The maximum atomic E-state index is 13.0. The van der Waals surface area contributed by atoms with Crippen molar-refractivity contribution in [2.24, 2.45) is 11.8 Å². The van der Waals surface area contributed by atoms with Crippen LogP contribution in [0.1, 0.15) is 32.1 Å². The molecule has 0 radical (unpaired) electrons. The molecule has 18 heavy (non-hydrogen) atoms. The summed E-state index contributed by atoms with van der Waals surface area (Å²) in [7, 11) is 0. The largest absolute Gasteiger partial charge is 0.396 e. The molecule has 2 atom stereocenters. The van der Waals surface area contributed by atoms with Crippen LogP contribution in [0.3, 0.4) is 0 Å². The molecule has 0 unspecified atom stereocenters. The highest BCUT2D eigenvalue weighted by atomic mass is 19.3. The van der Waals surface area contributed by atoms with Gasteiger partial charge in [0.2, 0.25) is 11.8 Å².